The van der Waals surface area contributed by atoms with Crippen LogP contribution in [0.1, 0.15) is 21.7 Å². The summed E-state index contributed by atoms with van der Waals surface area (Å²) < 4.78 is 41.5. The van der Waals surface area contributed by atoms with Crippen molar-refractivity contribution in [1.29, 1.82) is 0 Å². The van der Waals surface area contributed by atoms with Crippen molar-refractivity contribution in [3.8, 4) is 5.69 Å². The summed E-state index contributed by atoms with van der Waals surface area (Å²) in [6.45, 7) is 3.60. The quantitative estimate of drug-likeness (QED) is 0.664. The molecule has 8 heteroatoms. The lowest BCUT2D eigenvalue weighted by molar-refractivity contribution is 0.102. The van der Waals surface area contributed by atoms with Crippen LogP contribution >= 0.6 is 11.6 Å². The first-order valence-electron chi connectivity index (χ1n) is 7.56. The molecule has 0 spiro atoms. The molecule has 0 radical (unpaired) electrons. The van der Waals surface area contributed by atoms with Crippen LogP contribution in [0.4, 0.5) is 18.9 Å². The van der Waals surface area contributed by atoms with E-state index in [1.807, 2.05) is 6.92 Å². The predicted octanol–water partition coefficient (Wildman–Crippen LogP) is 4.81. The lowest BCUT2D eigenvalue weighted by atomic mass is 10.2. The molecule has 3 rings (SSSR count). The van der Waals surface area contributed by atoms with Crippen molar-refractivity contribution >= 4 is 23.2 Å². The number of aryl methyl sites for hydroxylation is 1. The Morgan fingerprint density at radius 2 is 1.69 bits per heavy atom. The van der Waals surface area contributed by atoms with Gasteiger partial charge in [-0.3, -0.25) is 4.79 Å². The second-order valence-corrected chi connectivity index (χ2v) is 6.00. The van der Waals surface area contributed by atoms with Gasteiger partial charge >= 0.3 is 0 Å². The molecule has 0 bridgehead atoms. The summed E-state index contributed by atoms with van der Waals surface area (Å²) in [6.07, 6.45) is 0. The minimum Gasteiger partial charge on any atom is -0.319 e. The maximum Gasteiger partial charge on any atom is 0.255 e. The number of halogens is 4. The molecule has 0 saturated carbocycles. The number of aromatic nitrogens is 2. The Labute approximate surface area is 152 Å². The van der Waals surface area contributed by atoms with E-state index in [9.17, 15) is 18.0 Å². The molecule has 1 aromatic heterocycles. The third-order valence-electron chi connectivity index (χ3n) is 3.86. The smallest absolute Gasteiger partial charge is 0.255 e. The first kappa shape index (κ1) is 18.0. The Morgan fingerprint density at radius 1 is 1.04 bits per heavy atom. The summed E-state index contributed by atoms with van der Waals surface area (Å²) in [6, 6.07) is 8.00. The van der Waals surface area contributed by atoms with Crippen molar-refractivity contribution in [1.82, 2.24) is 9.78 Å². The molecule has 0 fully saturated rings. The number of nitrogens with one attached hydrogen (secondary N) is 1. The summed E-state index contributed by atoms with van der Waals surface area (Å²) in [5.41, 5.74) is 1.90. The third-order valence-corrected chi connectivity index (χ3v) is 4.41. The van der Waals surface area contributed by atoms with Crippen molar-refractivity contribution in [3.05, 3.63) is 75.8 Å². The van der Waals surface area contributed by atoms with E-state index >= 15 is 0 Å². The molecule has 1 amide bonds. The minimum absolute atomic E-state index is 0.213. The van der Waals surface area contributed by atoms with Crippen molar-refractivity contribution in [2.75, 3.05) is 5.32 Å². The second-order valence-electron chi connectivity index (χ2n) is 5.62. The molecule has 1 heterocycles. The van der Waals surface area contributed by atoms with Gasteiger partial charge in [0.25, 0.3) is 5.91 Å². The highest BCUT2D eigenvalue weighted by molar-refractivity contribution is 6.31. The highest BCUT2D eigenvalue weighted by Gasteiger charge is 2.16. The number of hydrogen-bond acceptors (Lipinski definition) is 2. The van der Waals surface area contributed by atoms with Gasteiger partial charge in [0, 0.05) is 5.56 Å². The molecular weight excluding hydrogens is 367 g/mol. The topological polar surface area (TPSA) is 46.9 Å². The fourth-order valence-corrected chi connectivity index (χ4v) is 2.56. The number of amides is 1. The zero-order chi connectivity index (χ0) is 19.0. The second kappa shape index (κ2) is 6.84. The Morgan fingerprint density at radius 3 is 2.27 bits per heavy atom. The van der Waals surface area contributed by atoms with Crippen molar-refractivity contribution in [2.45, 2.75) is 13.8 Å². The highest BCUT2D eigenvalue weighted by Crippen LogP contribution is 2.23. The van der Waals surface area contributed by atoms with E-state index in [4.69, 9.17) is 11.6 Å². The van der Waals surface area contributed by atoms with Gasteiger partial charge in [-0.1, -0.05) is 11.6 Å². The standard InChI is InChI=1S/C18H13ClF3N3O/c1-9-15(19)10(2)25(24-9)12-5-3-11(4-6-12)18(26)23-14-8-7-13(20)16(21)17(14)22/h3-8H,1-2H3,(H,23,26). The number of carbonyl (C=O) groups is 1. The predicted molar refractivity (Wildman–Crippen MR) is 92.3 cm³/mol. The van der Waals surface area contributed by atoms with Gasteiger partial charge in [0.15, 0.2) is 17.5 Å². The molecule has 0 aliphatic rings. The van der Waals surface area contributed by atoms with E-state index in [1.54, 1.807) is 23.7 Å². The average molecular weight is 380 g/mol. The Bertz CT molecular complexity index is 1000. The Kier molecular flexibility index (Phi) is 4.73. The van der Waals surface area contributed by atoms with E-state index in [0.29, 0.717) is 16.4 Å². The number of benzene rings is 2. The van der Waals surface area contributed by atoms with Crippen LogP contribution in [0, 0.1) is 31.3 Å². The van der Waals surface area contributed by atoms with Gasteiger partial charge in [0.05, 0.1) is 27.8 Å². The van der Waals surface area contributed by atoms with E-state index in [0.717, 1.165) is 17.8 Å². The Balaban J connectivity index is 1.83. The van der Waals surface area contributed by atoms with Gasteiger partial charge < -0.3 is 5.32 Å². The summed E-state index contributed by atoms with van der Waals surface area (Å²) in [5, 5.41) is 7.08. The van der Waals surface area contributed by atoms with E-state index < -0.39 is 29.0 Å². The minimum atomic E-state index is -1.64. The first-order chi connectivity index (χ1) is 12.3. The molecule has 0 unspecified atom stereocenters. The van der Waals surface area contributed by atoms with Crippen LogP contribution in [0.2, 0.25) is 5.02 Å². The van der Waals surface area contributed by atoms with Crippen LogP contribution in [-0.2, 0) is 0 Å². The summed E-state index contributed by atoms with van der Waals surface area (Å²) in [5.74, 6) is -5.08. The van der Waals surface area contributed by atoms with Crippen molar-refractivity contribution in [3.63, 3.8) is 0 Å². The maximum absolute atomic E-state index is 13.7. The number of hydrogen-bond donors (Lipinski definition) is 1. The highest BCUT2D eigenvalue weighted by atomic mass is 35.5. The van der Waals surface area contributed by atoms with Crippen LogP contribution in [0.3, 0.4) is 0 Å². The van der Waals surface area contributed by atoms with Gasteiger partial charge in [-0.25, -0.2) is 17.9 Å². The molecule has 26 heavy (non-hydrogen) atoms. The third kappa shape index (κ3) is 3.17. The zero-order valence-electron chi connectivity index (χ0n) is 13.8. The summed E-state index contributed by atoms with van der Waals surface area (Å²) >= 11 is 6.12. The van der Waals surface area contributed by atoms with E-state index in [-0.39, 0.29) is 5.56 Å². The van der Waals surface area contributed by atoms with Gasteiger partial charge in [-0.05, 0) is 50.2 Å². The molecule has 0 atom stereocenters. The van der Waals surface area contributed by atoms with Gasteiger partial charge in [-0.2, -0.15) is 5.10 Å². The largest absolute Gasteiger partial charge is 0.319 e. The SMILES string of the molecule is Cc1nn(-c2ccc(C(=O)Nc3ccc(F)c(F)c3F)cc2)c(C)c1Cl. The fraction of sp³-hybridized carbons (Fsp3) is 0.111. The molecule has 2 aromatic carbocycles. The van der Waals surface area contributed by atoms with Crippen LogP contribution < -0.4 is 5.32 Å². The van der Waals surface area contributed by atoms with Crippen LogP contribution in [-0.4, -0.2) is 15.7 Å². The van der Waals surface area contributed by atoms with E-state index in [2.05, 4.69) is 10.4 Å². The molecule has 3 aromatic rings. The molecule has 0 aliphatic carbocycles. The van der Waals surface area contributed by atoms with Crippen LogP contribution in [0.15, 0.2) is 36.4 Å². The lowest BCUT2D eigenvalue weighted by Crippen LogP contribution is -2.14. The first-order valence-corrected chi connectivity index (χ1v) is 7.94. The van der Waals surface area contributed by atoms with Crippen molar-refractivity contribution in [2.24, 2.45) is 0 Å². The fourth-order valence-electron chi connectivity index (χ4n) is 2.45. The van der Waals surface area contributed by atoms with Gasteiger partial charge in [0.1, 0.15) is 0 Å². The molecule has 0 saturated heterocycles. The normalized spacial score (nSPS) is 10.8. The molecule has 4 nitrogen and oxygen atoms in total. The van der Waals surface area contributed by atoms with Gasteiger partial charge in [0.2, 0.25) is 0 Å². The van der Waals surface area contributed by atoms with Crippen LogP contribution in [0.5, 0.6) is 0 Å². The monoisotopic (exact) mass is 379 g/mol. The number of rotatable bonds is 3. The van der Waals surface area contributed by atoms with Crippen molar-refractivity contribution < 1.29 is 18.0 Å². The number of anilines is 1. The number of carbonyl (C=O) groups excluding carboxylic acids is 1. The summed E-state index contributed by atoms with van der Waals surface area (Å²) in [4.78, 5) is 12.2. The molecule has 0 aliphatic heterocycles. The lowest BCUT2D eigenvalue weighted by Gasteiger charge is -2.09. The van der Waals surface area contributed by atoms with Crippen LogP contribution in [0.25, 0.3) is 5.69 Å². The zero-order valence-corrected chi connectivity index (χ0v) is 14.5. The Hall–Kier alpha value is -2.80. The maximum atomic E-state index is 13.7. The van der Waals surface area contributed by atoms with E-state index in [1.165, 1.54) is 12.1 Å². The molecule has 134 valence electrons. The molecular formula is C18H13ClF3N3O. The average Bonchev–Trinajstić information content (AvgIpc) is 2.89. The summed E-state index contributed by atoms with van der Waals surface area (Å²) in [7, 11) is 0. The van der Waals surface area contributed by atoms with Gasteiger partial charge in [-0.15, -0.1) is 0 Å². The molecule has 1 N–H and O–H groups in total. The number of nitrogens with zero attached hydrogens (tertiary/aromatic N) is 2.